The lowest BCUT2D eigenvalue weighted by atomic mass is 9.44. The van der Waals surface area contributed by atoms with Crippen molar-refractivity contribution in [2.45, 2.75) is 32.3 Å². The monoisotopic (exact) mass is 356 g/mol. The predicted octanol–water partition coefficient (Wildman–Crippen LogP) is 2.60. The molecule has 3 heterocycles. The molecule has 2 saturated heterocycles. The van der Waals surface area contributed by atoms with Gasteiger partial charge < -0.3 is 13.9 Å². The van der Waals surface area contributed by atoms with Crippen LogP contribution in [0.4, 0.5) is 0 Å². The SMILES string of the molecule is C[C@]12C[C@@H](c3ccoc3)OC(=O)[C@@H]1CC[C@]13COC(=O)[C@@H]1C=CC(=O)[C@H]23. The topological polar surface area (TPSA) is 82.8 Å². The smallest absolute Gasteiger partial charge is 0.313 e. The van der Waals surface area contributed by atoms with Crippen LogP contribution in [0.25, 0.3) is 0 Å². The Morgan fingerprint density at radius 1 is 1.19 bits per heavy atom. The van der Waals surface area contributed by atoms with E-state index in [-0.39, 0.29) is 30.2 Å². The van der Waals surface area contributed by atoms with Crippen LogP contribution in [-0.2, 0) is 23.9 Å². The van der Waals surface area contributed by atoms with Gasteiger partial charge in [-0.1, -0.05) is 13.0 Å². The van der Waals surface area contributed by atoms with Gasteiger partial charge in [-0.3, -0.25) is 14.4 Å². The number of hydrogen-bond acceptors (Lipinski definition) is 6. The molecule has 0 N–H and O–H groups in total. The van der Waals surface area contributed by atoms with E-state index in [0.29, 0.717) is 19.3 Å². The first-order valence-corrected chi connectivity index (χ1v) is 9.07. The fraction of sp³-hybridized carbons (Fsp3) is 0.550. The fourth-order valence-electron chi connectivity index (χ4n) is 5.98. The van der Waals surface area contributed by atoms with E-state index < -0.39 is 28.8 Å². The molecule has 0 aromatic carbocycles. The molecular formula is C20H20O6. The van der Waals surface area contributed by atoms with Gasteiger partial charge in [0.05, 0.1) is 31.0 Å². The van der Waals surface area contributed by atoms with Crippen LogP contribution in [0.15, 0.2) is 35.2 Å². The molecule has 0 unspecified atom stereocenters. The molecule has 1 saturated carbocycles. The second-order valence-electron chi connectivity index (χ2n) is 8.30. The summed E-state index contributed by atoms with van der Waals surface area (Å²) < 4.78 is 16.2. The molecule has 5 rings (SSSR count). The lowest BCUT2D eigenvalue weighted by molar-refractivity contribution is -0.194. The van der Waals surface area contributed by atoms with Crippen LogP contribution in [0, 0.1) is 28.6 Å². The number of cyclic esters (lactones) is 2. The zero-order valence-corrected chi connectivity index (χ0v) is 14.5. The minimum atomic E-state index is -0.580. The molecule has 3 fully saturated rings. The van der Waals surface area contributed by atoms with Gasteiger partial charge in [0.2, 0.25) is 0 Å². The first-order chi connectivity index (χ1) is 12.5. The zero-order chi connectivity index (χ0) is 18.1. The molecule has 2 aliphatic heterocycles. The number of allylic oxidation sites excluding steroid dienone is 1. The molecule has 1 aromatic heterocycles. The molecule has 6 atom stereocenters. The van der Waals surface area contributed by atoms with E-state index in [4.69, 9.17) is 13.9 Å². The lowest BCUT2D eigenvalue weighted by Crippen LogP contribution is -2.60. The quantitative estimate of drug-likeness (QED) is 0.719. The molecule has 26 heavy (non-hydrogen) atoms. The van der Waals surface area contributed by atoms with Crippen LogP contribution >= 0.6 is 0 Å². The Morgan fingerprint density at radius 3 is 2.81 bits per heavy atom. The van der Waals surface area contributed by atoms with Crippen molar-refractivity contribution in [3.8, 4) is 0 Å². The summed E-state index contributed by atoms with van der Waals surface area (Å²) in [6.45, 7) is 2.26. The van der Waals surface area contributed by atoms with Gasteiger partial charge in [0.1, 0.15) is 6.10 Å². The number of hydrogen-bond donors (Lipinski definition) is 0. The largest absolute Gasteiger partial charge is 0.472 e. The normalized spacial score (nSPS) is 44.0. The highest BCUT2D eigenvalue weighted by Gasteiger charge is 2.68. The molecule has 6 nitrogen and oxygen atoms in total. The Bertz CT molecular complexity index is 823. The molecular weight excluding hydrogens is 336 g/mol. The molecule has 1 spiro atoms. The second-order valence-corrected chi connectivity index (χ2v) is 8.30. The Morgan fingerprint density at radius 2 is 2.04 bits per heavy atom. The van der Waals surface area contributed by atoms with E-state index >= 15 is 0 Å². The number of ketones is 1. The molecule has 136 valence electrons. The maximum absolute atomic E-state index is 13.0. The molecule has 6 heteroatoms. The fourth-order valence-corrected chi connectivity index (χ4v) is 5.98. The van der Waals surface area contributed by atoms with Crippen LogP contribution in [0.3, 0.4) is 0 Å². The van der Waals surface area contributed by atoms with E-state index in [0.717, 1.165) is 5.56 Å². The van der Waals surface area contributed by atoms with Crippen LogP contribution in [0.5, 0.6) is 0 Å². The number of esters is 2. The molecule has 2 aliphatic carbocycles. The Kier molecular flexibility index (Phi) is 3.10. The van der Waals surface area contributed by atoms with Gasteiger partial charge in [0, 0.05) is 16.9 Å². The van der Waals surface area contributed by atoms with Gasteiger partial charge in [-0.15, -0.1) is 0 Å². The molecule has 4 aliphatic rings. The number of rotatable bonds is 1. The summed E-state index contributed by atoms with van der Waals surface area (Å²) >= 11 is 0. The zero-order valence-electron chi connectivity index (χ0n) is 14.5. The first kappa shape index (κ1) is 15.9. The summed E-state index contributed by atoms with van der Waals surface area (Å²) in [5.41, 5.74) is -0.317. The summed E-state index contributed by atoms with van der Waals surface area (Å²) in [4.78, 5) is 38.1. The second kappa shape index (κ2) is 5.09. The van der Waals surface area contributed by atoms with E-state index in [9.17, 15) is 14.4 Å². The maximum Gasteiger partial charge on any atom is 0.313 e. The van der Waals surface area contributed by atoms with Crippen molar-refractivity contribution < 1.29 is 28.3 Å². The van der Waals surface area contributed by atoms with Crippen LogP contribution < -0.4 is 0 Å². The number of carbonyl (C=O) groups is 3. The number of furan rings is 1. The third-order valence-corrected chi connectivity index (χ3v) is 7.11. The van der Waals surface area contributed by atoms with Crippen LogP contribution in [0.2, 0.25) is 0 Å². The van der Waals surface area contributed by atoms with Crippen molar-refractivity contribution in [2.75, 3.05) is 6.61 Å². The van der Waals surface area contributed by atoms with Gasteiger partial charge >= 0.3 is 11.9 Å². The molecule has 0 radical (unpaired) electrons. The van der Waals surface area contributed by atoms with Crippen molar-refractivity contribution in [1.82, 2.24) is 0 Å². The minimum Gasteiger partial charge on any atom is -0.472 e. The van der Waals surface area contributed by atoms with Crippen LogP contribution in [-0.4, -0.2) is 24.3 Å². The summed E-state index contributed by atoms with van der Waals surface area (Å²) in [5.74, 6) is -1.68. The third kappa shape index (κ3) is 1.85. The standard InChI is InChI=1S/C20H20O6/c1-19-8-15(11-5-7-24-9-11)26-18(23)12(19)4-6-20-10-25-17(22)13(20)2-3-14(21)16(19)20/h2-3,5,7,9,12-13,15-16H,4,6,8,10H2,1H3/t12-,13-,15-,16+,19-,20-/m0/s1. The molecule has 1 aromatic rings. The van der Waals surface area contributed by atoms with Crippen molar-refractivity contribution in [3.63, 3.8) is 0 Å². The van der Waals surface area contributed by atoms with Gasteiger partial charge in [0.15, 0.2) is 5.78 Å². The Balaban J connectivity index is 1.61. The van der Waals surface area contributed by atoms with Crippen molar-refractivity contribution in [3.05, 3.63) is 36.3 Å². The highest BCUT2D eigenvalue weighted by Crippen LogP contribution is 2.65. The summed E-state index contributed by atoms with van der Waals surface area (Å²) in [6.07, 6.45) is 7.67. The lowest BCUT2D eigenvalue weighted by Gasteiger charge is -2.57. The number of fused-ring (bicyclic) bond motifs is 2. The van der Waals surface area contributed by atoms with E-state index in [1.165, 1.54) is 6.08 Å². The molecule has 0 bridgehead atoms. The maximum atomic E-state index is 13.0. The summed E-state index contributed by atoms with van der Waals surface area (Å²) in [6, 6.07) is 1.79. The summed E-state index contributed by atoms with van der Waals surface area (Å²) in [7, 11) is 0. The van der Waals surface area contributed by atoms with Crippen molar-refractivity contribution in [2.24, 2.45) is 28.6 Å². The summed E-state index contributed by atoms with van der Waals surface area (Å²) in [5, 5.41) is 0. The number of carbonyl (C=O) groups excluding carboxylic acids is 3. The van der Waals surface area contributed by atoms with Crippen LogP contribution in [0.1, 0.15) is 37.9 Å². The van der Waals surface area contributed by atoms with Crippen molar-refractivity contribution >= 4 is 17.7 Å². The van der Waals surface area contributed by atoms with Crippen molar-refractivity contribution in [1.29, 1.82) is 0 Å². The average molecular weight is 356 g/mol. The van der Waals surface area contributed by atoms with E-state index in [1.54, 1.807) is 24.7 Å². The predicted molar refractivity (Wildman–Crippen MR) is 87.5 cm³/mol. The van der Waals surface area contributed by atoms with E-state index in [2.05, 4.69) is 0 Å². The minimum absolute atomic E-state index is 0.00704. The van der Waals surface area contributed by atoms with Gasteiger partial charge in [-0.05, 0) is 36.8 Å². The Labute approximate surface area is 150 Å². The molecule has 0 amide bonds. The number of ether oxygens (including phenoxy) is 2. The van der Waals surface area contributed by atoms with Gasteiger partial charge in [0.25, 0.3) is 0 Å². The first-order valence-electron chi connectivity index (χ1n) is 9.07. The van der Waals surface area contributed by atoms with Gasteiger partial charge in [-0.25, -0.2) is 0 Å². The third-order valence-electron chi connectivity index (χ3n) is 7.11. The van der Waals surface area contributed by atoms with Gasteiger partial charge in [-0.2, -0.15) is 0 Å². The Hall–Kier alpha value is -2.37. The van der Waals surface area contributed by atoms with E-state index in [1.807, 2.05) is 6.92 Å². The highest BCUT2D eigenvalue weighted by molar-refractivity contribution is 5.98. The highest BCUT2D eigenvalue weighted by atomic mass is 16.5. The average Bonchev–Trinajstić information content (AvgIpc) is 3.23.